The highest BCUT2D eigenvalue weighted by molar-refractivity contribution is 7.17. The number of esters is 1. The Balaban J connectivity index is 1.83. The fourth-order valence-corrected chi connectivity index (χ4v) is 4.66. The van der Waals surface area contributed by atoms with E-state index in [0.29, 0.717) is 34.1 Å². The van der Waals surface area contributed by atoms with Crippen molar-refractivity contribution in [2.24, 2.45) is 0 Å². The number of rotatable bonds is 6. The van der Waals surface area contributed by atoms with E-state index in [1.807, 2.05) is 25.3 Å². The topological polar surface area (TPSA) is 90.3 Å². The molecule has 2 aromatic heterocycles. The van der Waals surface area contributed by atoms with Gasteiger partial charge in [-0.05, 0) is 46.6 Å². The van der Waals surface area contributed by atoms with Gasteiger partial charge in [-0.2, -0.15) is 0 Å². The van der Waals surface area contributed by atoms with Gasteiger partial charge in [-0.25, -0.2) is 9.78 Å². The minimum absolute atomic E-state index is 0.0888. The molecule has 154 valence electrons. The van der Waals surface area contributed by atoms with Crippen LogP contribution in [0.2, 0.25) is 0 Å². The summed E-state index contributed by atoms with van der Waals surface area (Å²) in [5, 5.41) is 3.15. The minimum atomic E-state index is -0.397. The average molecular weight is 416 g/mol. The average Bonchev–Trinajstić information content (AvgIpc) is 3.19. The summed E-state index contributed by atoms with van der Waals surface area (Å²) in [7, 11) is 0. The maximum Gasteiger partial charge on any atom is 0.340 e. The summed E-state index contributed by atoms with van der Waals surface area (Å²) >= 11 is 1.22. The first-order chi connectivity index (χ1) is 13.9. The van der Waals surface area contributed by atoms with Gasteiger partial charge < -0.3 is 9.30 Å². The number of ketones is 1. The number of nitrogens with zero attached hydrogens (tertiary/aromatic N) is 2. The molecule has 1 aliphatic carbocycles. The second-order valence-electron chi connectivity index (χ2n) is 6.82. The van der Waals surface area contributed by atoms with Crippen LogP contribution < -0.4 is 5.32 Å². The summed E-state index contributed by atoms with van der Waals surface area (Å²) < 4.78 is 7.21. The Morgan fingerprint density at radius 2 is 2.00 bits per heavy atom. The van der Waals surface area contributed by atoms with Gasteiger partial charge in [0, 0.05) is 36.0 Å². The van der Waals surface area contributed by atoms with Gasteiger partial charge in [-0.15, -0.1) is 0 Å². The number of nitrogens with one attached hydrogen (secondary N) is 1. The van der Waals surface area contributed by atoms with Crippen LogP contribution in [0, 0.1) is 13.8 Å². The number of carbonyl (C=O) groups excluding carboxylic acids is 3. The second kappa shape index (κ2) is 8.73. The summed E-state index contributed by atoms with van der Waals surface area (Å²) in [5.41, 5.74) is 3.63. The highest BCUT2D eigenvalue weighted by Gasteiger charge is 2.24. The first-order valence-electron chi connectivity index (χ1n) is 9.76. The van der Waals surface area contributed by atoms with E-state index in [1.54, 1.807) is 13.0 Å². The van der Waals surface area contributed by atoms with Crippen LogP contribution in [0.1, 0.15) is 69.4 Å². The van der Waals surface area contributed by atoms with E-state index in [0.717, 1.165) is 29.9 Å². The third kappa shape index (κ3) is 4.17. The SMILES string of the molecule is CCOC(=O)c1c(/C=C/C(=O)Nc2nc3c(s2)C(=O)CCC3)c(C)n(CC)c1C. The van der Waals surface area contributed by atoms with Gasteiger partial charge in [-0.3, -0.25) is 14.9 Å². The first kappa shape index (κ1) is 21.0. The molecule has 0 aromatic carbocycles. The van der Waals surface area contributed by atoms with Crippen LogP contribution in [0.3, 0.4) is 0 Å². The van der Waals surface area contributed by atoms with E-state index in [2.05, 4.69) is 10.3 Å². The molecule has 0 aliphatic heterocycles. The van der Waals surface area contributed by atoms with E-state index in [9.17, 15) is 14.4 Å². The predicted octanol–water partition coefficient (Wildman–Crippen LogP) is 3.93. The number of fused-ring (bicyclic) bond motifs is 1. The Hall–Kier alpha value is -2.74. The monoisotopic (exact) mass is 415 g/mol. The first-order valence-corrected chi connectivity index (χ1v) is 10.6. The van der Waals surface area contributed by atoms with E-state index in [4.69, 9.17) is 4.74 Å². The van der Waals surface area contributed by atoms with Crippen molar-refractivity contribution >= 4 is 40.2 Å². The van der Waals surface area contributed by atoms with Gasteiger partial charge in [0.1, 0.15) is 0 Å². The molecule has 0 saturated heterocycles. The van der Waals surface area contributed by atoms with Crippen molar-refractivity contribution in [3.05, 3.63) is 39.2 Å². The third-order valence-electron chi connectivity index (χ3n) is 5.03. The van der Waals surface area contributed by atoms with Crippen molar-refractivity contribution in [2.45, 2.75) is 53.5 Å². The van der Waals surface area contributed by atoms with Crippen molar-refractivity contribution in [2.75, 3.05) is 11.9 Å². The zero-order chi connectivity index (χ0) is 21.1. The lowest BCUT2D eigenvalue weighted by molar-refractivity contribution is -0.111. The molecule has 1 aliphatic rings. The number of aryl methyl sites for hydroxylation is 1. The van der Waals surface area contributed by atoms with Crippen LogP contribution in [0.15, 0.2) is 6.08 Å². The van der Waals surface area contributed by atoms with Crippen LogP contribution in [0.4, 0.5) is 5.13 Å². The molecule has 2 aromatic rings. The van der Waals surface area contributed by atoms with Crippen molar-refractivity contribution in [1.82, 2.24) is 9.55 Å². The van der Waals surface area contributed by atoms with Gasteiger partial charge in [0.05, 0.1) is 22.7 Å². The van der Waals surface area contributed by atoms with Gasteiger partial charge in [0.25, 0.3) is 0 Å². The lowest BCUT2D eigenvalue weighted by atomic mass is 10.0. The minimum Gasteiger partial charge on any atom is -0.462 e. The molecule has 29 heavy (non-hydrogen) atoms. The largest absolute Gasteiger partial charge is 0.462 e. The molecule has 1 amide bonds. The Bertz CT molecular complexity index is 1000. The zero-order valence-corrected chi connectivity index (χ0v) is 17.9. The molecule has 0 atom stereocenters. The molecular formula is C21H25N3O4S. The van der Waals surface area contributed by atoms with Gasteiger partial charge in [0.15, 0.2) is 10.9 Å². The molecule has 0 saturated carbocycles. The molecule has 0 bridgehead atoms. The van der Waals surface area contributed by atoms with Crippen molar-refractivity contribution in [3.8, 4) is 0 Å². The zero-order valence-electron chi connectivity index (χ0n) is 17.1. The number of hydrogen-bond donors (Lipinski definition) is 1. The molecule has 1 N–H and O–H groups in total. The lowest BCUT2D eigenvalue weighted by Crippen LogP contribution is -2.09. The predicted molar refractivity (Wildman–Crippen MR) is 113 cm³/mol. The van der Waals surface area contributed by atoms with Gasteiger partial charge in [0.2, 0.25) is 5.91 Å². The maximum atomic E-state index is 12.4. The number of Topliss-reactive ketones (excluding diaryl/α,β-unsaturated/α-hetero) is 1. The van der Waals surface area contributed by atoms with E-state index < -0.39 is 5.97 Å². The Morgan fingerprint density at radius 3 is 2.66 bits per heavy atom. The molecule has 0 unspecified atom stereocenters. The second-order valence-corrected chi connectivity index (χ2v) is 7.82. The molecule has 3 rings (SSSR count). The number of hydrogen-bond acceptors (Lipinski definition) is 6. The fraction of sp³-hybridized carbons (Fsp3) is 0.429. The lowest BCUT2D eigenvalue weighted by Gasteiger charge is -2.05. The molecule has 0 fully saturated rings. The Morgan fingerprint density at radius 1 is 1.24 bits per heavy atom. The van der Waals surface area contributed by atoms with Crippen molar-refractivity contribution in [1.29, 1.82) is 0 Å². The summed E-state index contributed by atoms with van der Waals surface area (Å²) in [5.74, 6) is -0.669. The number of aromatic nitrogens is 2. The normalized spacial score (nSPS) is 13.6. The highest BCUT2D eigenvalue weighted by Crippen LogP contribution is 2.30. The van der Waals surface area contributed by atoms with Crippen LogP contribution in [-0.2, 0) is 22.5 Å². The number of anilines is 1. The Labute approximate surface area is 173 Å². The fourth-order valence-electron chi connectivity index (χ4n) is 3.68. The van der Waals surface area contributed by atoms with Crippen LogP contribution in [0.25, 0.3) is 6.08 Å². The van der Waals surface area contributed by atoms with E-state index in [-0.39, 0.29) is 18.3 Å². The van der Waals surface area contributed by atoms with Crippen molar-refractivity contribution < 1.29 is 19.1 Å². The summed E-state index contributed by atoms with van der Waals surface area (Å²) in [4.78, 5) is 41.8. The van der Waals surface area contributed by atoms with Gasteiger partial charge in [-0.1, -0.05) is 11.3 Å². The van der Waals surface area contributed by atoms with Crippen LogP contribution in [0.5, 0.6) is 0 Å². The summed E-state index contributed by atoms with van der Waals surface area (Å²) in [6, 6.07) is 0. The van der Waals surface area contributed by atoms with Gasteiger partial charge >= 0.3 is 5.97 Å². The van der Waals surface area contributed by atoms with E-state index in [1.165, 1.54) is 17.4 Å². The standard InChI is InChI=1S/C21H25N3O4S/c1-5-24-12(3)14(18(13(24)4)20(27)28-6-2)10-11-17(26)23-21-22-15-8-7-9-16(25)19(15)29-21/h10-11H,5-9H2,1-4H3,(H,22,23,26)/b11-10+. The molecular weight excluding hydrogens is 390 g/mol. The smallest absolute Gasteiger partial charge is 0.340 e. The number of carbonyl (C=O) groups is 3. The van der Waals surface area contributed by atoms with Crippen molar-refractivity contribution in [3.63, 3.8) is 0 Å². The number of amides is 1. The quantitative estimate of drug-likeness (QED) is 0.570. The maximum absolute atomic E-state index is 12.4. The van der Waals surface area contributed by atoms with E-state index >= 15 is 0 Å². The molecule has 0 spiro atoms. The third-order valence-corrected chi connectivity index (χ3v) is 6.08. The summed E-state index contributed by atoms with van der Waals surface area (Å²) in [6.07, 6.45) is 5.11. The molecule has 8 heteroatoms. The van der Waals surface area contributed by atoms with Crippen LogP contribution in [-0.4, -0.2) is 33.8 Å². The molecule has 2 heterocycles. The molecule has 7 nitrogen and oxygen atoms in total. The molecule has 0 radical (unpaired) electrons. The summed E-state index contributed by atoms with van der Waals surface area (Å²) in [6.45, 7) is 8.54. The Kier molecular flexibility index (Phi) is 6.32. The highest BCUT2D eigenvalue weighted by atomic mass is 32.1. The number of ether oxygens (including phenoxy) is 1. The number of thiazole rings is 1. The van der Waals surface area contributed by atoms with Crippen LogP contribution >= 0.6 is 11.3 Å².